The van der Waals surface area contributed by atoms with E-state index in [2.05, 4.69) is 10.1 Å². The van der Waals surface area contributed by atoms with Gasteiger partial charge in [0.25, 0.3) is 0 Å². The number of thioether (sulfide) groups is 1. The normalized spacial score (nSPS) is 12.7. The maximum absolute atomic E-state index is 11.0. The van der Waals surface area contributed by atoms with E-state index in [0.29, 0.717) is 10.9 Å². The Morgan fingerprint density at radius 1 is 1.60 bits per heavy atom. The molecule has 6 nitrogen and oxygen atoms in total. The van der Waals surface area contributed by atoms with Crippen LogP contribution >= 0.6 is 11.8 Å². The Balaban J connectivity index is 2.82. The molecule has 0 fully saturated rings. The van der Waals surface area contributed by atoms with Crippen LogP contribution in [0.15, 0.2) is 14.7 Å². The average molecular weight is 231 g/mol. The minimum Gasteiger partial charge on any atom is -0.396 e. The van der Waals surface area contributed by atoms with E-state index in [9.17, 15) is 9.59 Å². The molecule has 1 aromatic heterocycles. The van der Waals surface area contributed by atoms with Crippen LogP contribution in [0.1, 0.15) is 6.92 Å². The Morgan fingerprint density at radius 3 is 2.87 bits per heavy atom. The van der Waals surface area contributed by atoms with Gasteiger partial charge in [0.2, 0.25) is 0 Å². The molecular weight excluding hydrogens is 218 g/mol. The predicted octanol–water partition coefficient (Wildman–Crippen LogP) is -0.811. The minimum atomic E-state index is -0.785. The number of aryl methyl sites for hydroxylation is 1. The second kappa shape index (κ2) is 5.13. The molecule has 1 rings (SSSR count). The van der Waals surface area contributed by atoms with E-state index < -0.39 is 11.1 Å². The monoisotopic (exact) mass is 231 g/mol. The SMILES string of the molecule is CC(CO)CSc1nc(=O)c(=O)[nH]n1C. The molecule has 1 atom stereocenters. The van der Waals surface area contributed by atoms with E-state index in [1.165, 1.54) is 16.4 Å². The van der Waals surface area contributed by atoms with E-state index in [-0.39, 0.29) is 12.5 Å². The zero-order valence-corrected chi connectivity index (χ0v) is 9.37. The van der Waals surface area contributed by atoms with Gasteiger partial charge in [-0.15, -0.1) is 0 Å². The van der Waals surface area contributed by atoms with Gasteiger partial charge in [-0.1, -0.05) is 18.7 Å². The molecule has 15 heavy (non-hydrogen) atoms. The standard InChI is InChI=1S/C8H13N3O3S/c1-5(3-12)4-15-8-9-6(13)7(14)10-11(8)2/h5,12H,3-4H2,1-2H3,(H,10,14). The number of aliphatic hydroxyl groups is 1. The van der Waals surface area contributed by atoms with Crippen LogP contribution in [0.25, 0.3) is 0 Å². The number of rotatable bonds is 4. The molecule has 84 valence electrons. The Labute approximate surface area is 90.3 Å². The van der Waals surface area contributed by atoms with Gasteiger partial charge in [0.05, 0.1) is 0 Å². The number of hydrogen-bond donors (Lipinski definition) is 2. The van der Waals surface area contributed by atoms with Crippen LogP contribution < -0.4 is 11.1 Å². The largest absolute Gasteiger partial charge is 0.396 e. The van der Waals surface area contributed by atoms with Gasteiger partial charge in [-0.3, -0.25) is 19.4 Å². The molecule has 7 heteroatoms. The molecule has 0 spiro atoms. The van der Waals surface area contributed by atoms with Crippen LogP contribution in [0.2, 0.25) is 0 Å². The summed E-state index contributed by atoms with van der Waals surface area (Å²) in [5, 5.41) is 11.6. The Hall–Kier alpha value is -1.08. The number of aromatic amines is 1. The van der Waals surface area contributed by atoms with Crippen molar-refractivity contribution in [2.24, 2.45) is 13.0 Å². The van der Waals surface area contributed by atoms with E-state index in [0.717, 1.165) is 0 Å². The first-order valence-electron chi connectivity index (χ1n) is 4.45. The minimum absolute atomic E-state index is 0.0876. The molecule has 0 amide bonds. The van der Waals surface area contributed by atoms with Crippen molar-refractivity contribution < 1.29 is 5.11 Å². The van der Waals surface area contributed by atoms with E-state index in [1.807, 2.05) is 6.92 Å². The van der Waals surface area contributed by atoms with Crippen molar-refractivity contribution in [3.8, 4) is 0 Å². The number of aliphatic hydroxyl groups excluding tert-OH is 1. The first-order valence-corrected chi connectivity index (χ1v) is 5.44. The van der Waals surface area contributed by atoms with E-state index >= 15 is 0 Å². The van der Waals surface area contributed by atoms with Crippen LogP contribution in [-0.4, -0.2) is 32.2 Å². The lowest BCUT2D eigenvalue weighted by atomic mass is 10.2. The smallest absolute Gasteiger partial charge is 0.339 e. The van der Waals surface area contributed by atoms with E-state index in [4.69, 9.17) is 5.11 Å². The second-order valence-electron chi connectivity index (χ2n) is 3.30. The first-order chi connectivity index (χ1) is 7.04. The maximum Gasteiger partial charge on any atom is 0.339 e. The molecule has 0 bridgehead atoms. The van der Waals surface area contributed by atoms with Crippen LogP contribution in [0, 0.1) is 5.92 Å². The molecule has 0 radical (unpaired) electrons. The van der Waals surface area contributed by atoms with Crippen LogP contribution in [0.3, 0.4) is 0 Å². The zero-order valence-electron chi connectivity index (χ0n) is 8.56. The lowest BCUT2D eigenvalue weighted by Crippen LogP contribution is -2.34. The predicted molar refractivity (Wildman–Crippen MR) is 57.1 cm³/mol. The molecule has 0 saturated carbocycles. The zero-order chi connectivity index (χ0) is 11.4. The molecule has 1 unspecified atom stereocenters. The quantitative estimate of drug-likeness (QED) is 0.522. The van der Waals surface area contributed by atoms with E-state index in [1.54, 1.807) is 7.05 Å². The lowest BCUT2D eigenvalue weighted by molar-refractivity contribution is 0.250. The van der Waals surface area contributed by atoms with Gasteiger partial charge in [-0.05, 0) is 5.92 Å². The number of nitrogens with one attached hydrogen (secondary N) is 1. The van der Waals surface area contributed by atoms with Crippen molar-refractivity contribution >= 4 is 11.8 Å². The molecule has 0 aliphatic carbocycles. The van der Waals surface area contributed by atoms with Gasteiger partial charge in [0.1, 0.15) is 0 Å². The first kappa shape index (κ1) is 12.0. The number of hydrogen-bond acceptors (Lipinski definition) is 5. The second-order valence-corrected chi connectivity index (χ2v) is 4.29. The van der Waals surface area contributed by atoms with Crippen molar-refractivity contribution in [1.82, 2.24) is 14.8 Å². The van der Waals surface area contributed by atoms with Crippen molar-refractivity contribution in [3.63, 3.8) is 0 Å². The highest BCUT2D eigenvalue weighted by Gasteiger charge is 2.07. The van der Waals surface area contributed by atoms with Crippen molar-refractivity contribution in [3.05, 3.63) is 20.7 Å². The van der Waals surface area contributed by atoms with Crippen molar-refractivity contribution in [1.29, 1.82) is 0 Å². The topological polar surface area (TPSA) is 88.0 Å². The molecular formula is C8H13N3O3S. The van der Waals surface area contributed by atoms with Gasteiger partial charge in [-0.2, -0.15) is 4.98 Å². The summed E-state index contributed by atoms with van der Waals surface area (Å²) in [6, 6.07) is 0. The maximum atomic E-state index is 11.0. The summed E-state index contributed by atoms with van der Waals surface area (Å²) in [4.78, 5) is 25.5. The molecule has 1 heterocycles. The Morgan fingerprint density at radius 2 is 2.27 bits per heavy atom. The summed E-state index contributed by atoms with van der Waals surface area (Å²) < 4.78 is 1.40. The lowest BCUT2D eigenvalue weighted by Gasteiger charge is -2.08. The van der Waals surface area contributed by atoms with Crippen LogP contribution in [0.5, 0.6) is 0 Å². The summed E-state index contributed by atoms with van der Waals surface area (Å²) in [5.41, 5.74) is -1.51. The highest BCUT2D eigenvalue weighted by molar-refractivity contribution is 7.99. The fraction of sp³-hybridized carbons (Fsp3) is 0.625. The molecule has 0 aliphatic heterocycles. The molecule has 2 N–H and O–H groups in total. The van der Waals surface area contributed by atoms with Gasteiger partial charge < -0.3 is 5.11 Å². The summed E-state index contributed by atoms with van der Waals surface area (Å²) >= 11 is 1.32. The highest BCUT2D eigenvalue weighted by atomic mass is 32.2. The number of aromatic nitrogens is 3. The van der Waals surface area contributed by atoms with Gasteiger partial charge >= 0.3 is 11.1 Å². The average Bonchev–Trinajstić information content (AvgIpc) is 2.21. The molecule has 0 aromatic carbocycles. The third-order valence-corrected chi connectivity index (χ3v) is 3.12. The number of H-pyrrole nitrogens is 1. The number of nitrogens with zero attached hydrogens (tertiary/aromatic N) is 2. The summed E-state index contributed by atoms with van der Waals surface area (Å²) in [6.07, 6.45) is 0. The molecule has 0 aliphatic rings. The third-order valence-electron chi connectivity index (χ3n) is 1.76. The summed E-state index contributed by atoms with van der Waals surface area (Å²) in [6.45, 7) is 1.97. The van der Waals surface area contributed by atoms with Crippen molar-refractivity contribution in [2.75, 3.05) is 12.4 Å². The Bertz CT molecular complexity index is 439. The van der Waals surface area contributed by atoms with Gasteiger partial charge in [-0.25, -0.2) is 0 Å². The van der Waals surface area contributed by atoms with Crippen LogP contribution in [0.4, 0.5) is 0 Å². The van der Waals surface area contributed by atoms with Crippen molar-refractivity contribution in [2.45, 2.75) is 12.1 Å². The Kier molecular flexibility index (Phi) is 4.10. The molecule has 1 aromatic rings. The third kappa shape index (κ3) is 3.21. The summed E-state index contributed by atoms with van der Waals surface area (Å²) in [5.74, 6) is 0.766. The van der Waals surface area contributed by atoms with Gasteiger partial charge in [0.15, 0.2) is 5.16 Å². The fourth-order valence-electron chi connectivity index (χ4n) is 0.859. The summed E-state index contributed by atoms with van der Waals surface area (Å²) in [7, 11) is 1.61. The molecule has 0 saturated heterocycles. The van der Waals surface area contributed by atoms with Crippen LogP contribution in [-0.2, 0) is 7.05 Å². The van der Waals surface area contributed by atoms with Gasteiger partial charge in [0, 0.05) is 19.4 Å². The highest BCUT2D eigenvalue weighted by Crippen LogP contribution is 2.15. The fourth-order valence-corrected chi connectivity index (χ4v) is 1.78.